The van der Waals surface area contributed by atoms with Gasteiger partial charge in [0.15, 0.2) is 0 Å². The Labute approximate surface area is 200 Å². The number of hydrogen-bond acceptors (Lipinski definition) is 3. The van der Waals surface area contributed by atoms with Gasteiger partial charge in [0.1, 0.15) is 5.75 Å². The minimum atomic E-state index is 0.0238. The highest BCUT2D eigenvalue weighted by Gasteiger charge is 2.28. The van der Waals surface area contributed by atoms with Crippen molar-refractivity contribution in [3.63, 3.8) is 0 Å². The number of benzene rings is 2. The molecule has 1 unspecified atom stereocenters. The van der Waals surface area contributed by atoms with Crippen molar-refractivity contribution in [2.24, 2.45) is 5.92 Å². The van der Waals surface area contributed by atoms with Crippen molar-refractivity contribution in [1.29, 1.82) is 0 Å². The summed E-state index contributed by atoms with van der Waals surface area (Å²) in [7, 11) is 0. The van der Waals surface area contributed by atoms with Gasteiger partial charge in [-0.25, -0.2) is 4.79 Å². The third-order valence-electron chi connectivity index (χ3n) is 6.43. The second-order valence-corrected chi connectivity index (χ2v) is 10.1. The molecule has 2 saturated heterocycles. The zero-order valence-corrected chi connectivity index (χ0v) is 20.7. The fraction of sp³-hybridized carbons (Fsp3) is 0.500. The summed E-state index contributed by atoms with van der Waals surface area (Å²) in [5.41, 5.74) is 2.31. The van der Waals surface area contributed by atoms with E-state index in [4.69, 9.17) is 4.74 Å². The van der Waals surface area contributed by atoms with Gasteiger partial charge in [-0.2, -0.15) is 0 Å². The molecule has 32 heavy (non-hydrogen) atoms. The Kier molecular flexibility index (Phi) is 7.74. The van der Waals surface area contributed by atoms with E-state index in [1.165, 1.54) is 22.9 Å². The van der Waals surface area contributed by atoms with Gasteiger partial charge in [-0.1, -0.05) is 34.1 Å². The van der Waals surface area contributed by atoms with Gasteiger partial charge >= 0.3 is 6.03 Å². The molecule has 0 aromatic heterocycles. The Hall–Kier alpha value is -2.05. The first-order valence-corrected chi connectivity index (χ1v) is 12.6. The number of halogens is 1. The number of urea groups is 1. The lowest BCUT2D eigenvalue weighted by atomic mass is 9.90. The van der Waals surface area contributed by atoms with Gasteiger partial charge in [0, 0.05) is 29.3 Å². The first kappa shape index (κ1) is 23.1. The predicted octanol–water partition coefficient (Wildman–Crippen LogP) is 5.48. The maximum atomic E-state index is 12.6. The number of rotatable bonds is 7. The lowest BCUT2D eigenvalue weighted by molar-refractivity contribution is 0.162. The first-order chi connectivity index (χ1) is 15.5. The minimum Gasteiger partial charge on any atom is -0.491 e. The summed E-state index contributed by atoms with van der Waals surface area (Å²) in [6, 6.07) is 16.5. The van der Waals surface area contributed by atoms with E-state index >= 15 is 0 Å². The van der Waals surface area contributed by atoms with Crippen LogP contribution in [0.4, 0.5) is 10.5 Å². The molecule has 1 N–H and O–H groups in total. The van der Waals surface area contributed by atoms with E-state index in [0.29, 0.717) is 5.92 Å². The molecule has 5 nitrogen and oxygen atoms in total. The second kappa shape index (κ2) is 10.7. The van der Waals surface area contributed by atoms with Gasteiger partial charge in [-0.15, -0.1) is 0 Å². The molecule has 0 aliphatic carbocycles. The van der Waals surface area contributed by atoms with Crippen molar-refractivity contribution >= 4 is 27.6 Å². The Morgan fingerprint density at radius 3 is 2.50 bits per heavy atom. The number of carbonyl (C=O) groups excluding carboxylic acids is 1. The summed E-state index contributed by atoms with van der Waals surface area (Å²) in [6.45, 7) is 8.04. The highest BCUT2D eigenvalue weighted by molar-refractivity contribution is 9.10. The molecule has 2 aromatic carbocycles. The third kappa shape index (κ3) is 6.04. The molecule has 2 aliphatic heterocycles. The number of hydrogen-bond donors (Lipinski definition) is 1. The van der Waals surface area contributed by atoms with Gasteiger partial charge in [0.25, 0.3) is 0 Å². The number of para-hydroxylation sites is 1. The summed E-state index contributed by atoms with van der Waals surface area (Å²) in [4.78, 5) is 17.0. The molecule has 2 heterocycles. The fourth-order valence-electron chi connectivity index (χ4n) is 4.75. The van der Waals surface area contributed by atoms with Crippen LogP contribution in [0.3, 0.4) is 0 Å². The average Bonchev–Trinajstić information content (AvgIpc) is 2.78. The molecule has 2 amide bonds. The van der Waals surface area contributed by atoms with E-state index < -0.39 is 0 Å². The quantitative estimate of drug-likeness (QED) is 0.548. The first-order valence-electron chi connectivity index (χ1n) is 11.8. The number of ether oxygens (including phenoxy) is 1. The maximum absolute atomic E-state index is 12.6. The number of anilines is 1. The van der Waals surface area contributed by atoms with Crippen molar-refractivity contribution in [2.45, 2.75) is 51.7 Å². The number of amides is 2. The number of piperidine rings is 1. The van der Waals surface area contributed by atoms with Crippen LogP contribution in [0, 0.1) is 5.92 Å². The van der Waals surface area contributed by atoms with Gasteiger partial charge in [0.05, 0.1) is 6.10 Å². The topological polar surface area (TPSA) is 44.8 Å². The summed E-state index contributed by atoms with van der Waals surface area (Å²) in [6.07, 6.45) is 4.63. The molecule has 0 bridgehead atoms. The molecule has 2 fully saturated rings. The molecule has 6 heteroatoms. The third-order valence-corrected chi connectivity index (χ3v) is 7.20. The molecule has 0 spiro atoms. The van der Waals surface area contributed by atoms with Crippen LogP contribution in [0.25, 0.3) is 0 Å². The summed E-state index contributed by atoms with van der Waals surface area (Å²) >= 11 is 3.72. The van der Waals surface area contributed by atoms with Crippen LogP contribution in [0.1, 0.15) is 38.7 Å². The molecule has 0 radical (unpaired) electrons. The average molecular weight is 500 g/mol. The Morgan fingerprint density at radius 2 is 1.81 bits per heavy atom. The smallest absolute Gasteiger partial charge is 0.322 e. The maximum Gasteiger partial charge on any atom is 0.322 e. The standard InChI is InChI=1S/C26H34BrN3O2/c1-19(2)32-24-8-9-25(27)21(17-24)16-20-10-13-29(14-11-20)18-22-12-15-30(26(31)28-22)23-6-4-3-5-7-23/h3-9,17,19-20,22H,10-16,18H2,1-2H3,(H,28,31). The van der Waals surface area contributed by atoms with Crippen molar-refractivity contribution in [2.75, 3.05) is 31.1 Å². The number of nitrogens with zero attached hydrogens (tertiary/aromatic N) is 2. The molecule has 1 atom stereocenters. The largest absolute Gasteiger partial charge is 0.491 e. The Morgan fingerprint density at radius 1 is 1.06 bits per heavy atom. The molecular formula is C26H34BrN3O2. The highest BCUT2D eigenvalue weighted by Crippen LogP contribution is 2.29. The van der Waals surface area contributed by atoms with Crippen molar-refractivity contribution in [3.05, 3.63) is 58.6 Å². The van der Waals surface area contributed by atoms with E-state index in [1.807, 2.05) is 41.3 Å². The van der Waals surface area contributed by atoms with Gasteiger partial charge < -0.3 is 15.0 Å². The molecular weight excluding hydrogens is 466 g/mol. The van der Waals surface area contributed by atoms with Crippen molar-refractivity contribution in [3.8, 4) is 5.75 Å². The second-order valence-electron chi connectivity index (χ2n) is 9.29. The van der Waals surface area contributed by atoms with E-state index in [1.54, 1.807) is 0 Å². The van der Waals surface area contributed by atoms with E-state index in [2.05, 4.69) is 52.1 Å². The highest BCUT2D eigenvalue weighted by atomic mass is 79.9. The lowest BCUT2D eigenvalue weighted by Gasteiger charge is -2.38. The Bertz CT molecular complexity index is 897. The summed E-state index contributed by atoms with van der Waals surface area (Å²) in [5.74, 6) is 1.64. The molecule has 4 rings (SSSR count). The lowest BCUT2D eigenvalue weighted by Crippen LogP contribution is -2.56. The van der Waals surface area contributed by atoms with Crippen LogP contribution in [0.5, 0.6) is 5.75 Å². The fourth-order valence-corrected chi connectivity index (χ4v) is 5.16. The summed E-state index contributed by atoms with van der Waals surface area (Å²) < 4.78 is 7.05. The zero-order chi connectivity index (χ0) is 22.5. The molecule has 172 valence electrons. The van der Waals surface area contributed by atoms with Crippen LogP contribution in [-0.2, 0) is 6.42 Å². The van der Waals surface area contributed by atoms with Crippen LogP contribution in [0.2, 0.25) is 0 Å². The van der Waals surface area contributed by atoms with Crippen molar-refractivity contribution < 1.29 is 9.53 Å². The number of carbonyl (C=O) groups is 1. The summed E-state index contributed by atoms with van der Waals surface area (Å²) in [5, 5.41) is 3.22. The normalized spacial score (nSPS) is 20.4. The van der Waals surface area contributed by atoms with E-state index in [0.717, 1.165) is 50.5 Å². The monoisotopic (exact) mass is 499 g/mol. The minimum absolute atomic E-state index is 0.0238. The molecule has 0 saturated carbocycles. The van der Waals surface area contributed by atoms with Crippen LogP contribution >= 0.6 is 15.9 Å². The van der Waals surface area contributed by atoms with Gasteiger partial charge in [0.2, 0.25) is 0 Å². The molecule has 2 aliphatic rings. The van der Waals surface area contributed by atoms with Gasteiger partial charge in [-0.05, 0) is 94.4 Å². The van der Waals surface area contributed by atoms with Crippen molar-refractivity contribution in [1.82, 2.24) is 10.2 Å². The zero-order valence-electron chi connectivity index (χ0n) is 19.1. The number of nitrogens with one attached hydrogen (secondary N) is 1. The van der Waals surface area contributed by atoms with Crippen LogP contribution in [-0.4, -0.2) is 49.3 Å². The van der Waals surface area contributed by atoms with Crippen LogP contribution in [0.15, 0.2) is 53.0 Å². The SMILES string of the molecule is CC(C)Oc1ccc(Br)c(CC2CCN(CC3CCN(c4ccccc4)C(=O)N3)CC2)c1. The van der Waals surface area contributed by atoms with Crippen LogP contribution < -0.4 is 15.0 Å². The number of likely N-dealkylation sites (tertiary alicyclic amines) is 1. The predicted molar refractivity (Wildman–Crippen MR) is 133 cm³/mol. The molecule has 2 aromatic rings. The van der Waals surface area contributed by atoms with E-state index in [9.17, 15) is 4.79 Å². The van der Waals surface area contributed by atoms with E-state index in [-0.39, 0.29) is 18.2 Å². The van der Waals surface area contributed by atoms with Gasteiger partial charge in [-0.3, -0.25) is 4.90 Å². The Balaban J connectivity index is 1.24.